The number of nitrogens with one attached hydrogen (secondary N) is 1. The van der Waals surface area contributed by atoms with Crippen LogP contribution in [0.5, 0.6) is 11.5 Å². The van der Waals surface area contributed by atoms with E-state index in [0.29, 0.717) is 23.5 Å². The summed E-state index contributed by atoms with van der Waals surface area (Å²) in [5, 5.41) is 1.36. The van der Waals surface area contributed by atoms with Crippen molar-refractivity contribution in [3.05, 3.63) is 53.8 Å². The second-order valence-electron chi connectivity index (χ2n) is 6.96. The van der Waals surface area contributed by atoms with Crippen LogP contribution in [-0.4, -0.2) is 32.4 Å². The maximum absolute atomic E-state index is 13.2. The number of amides is 1. The highest BCUT2D eigenvalue weighted by atomic mass is 32.2. The highest BCUT2D eigenvalue weighted by Gasteiger charge is 2.54. The van der Waals surface area contributed by atoms with E-state index in [-0.39, 0.29) is 4.90 Å². The van der Waals surface area contributed by atoms with Gasteiger partial charge in [-0.25, -0.2) is 12.8 Å². The van der Waals surface area contributed by atoms with Gasteiger partial charge < -0.3 is 14.8 Å². The first kappa shape index (κ1) is 17.8. The number of methoxy groups -OCH3 is 1. The molecule has 27 heavy (non-hydrogen) atoms. The van der Waals surface area contributed by atoms with E-state index in [0.717, 1.165) is 12.1 Å². The molecule has 1 fully saturated rings. The second kappa shape index (κ2) is 5.95. The number of rotatable bonds is 3. The molecular formula is C19H18FNO5S. The van der Waals surface area contributed by atoms with Gasteiger partial charge in [0.25, 0.3) is 0 Å². The molecule has 6 nitrogen and oxygen atoms in total. The second-order valence-corrected chi connectivity index (χ2v) is 9.03. The quantitative estimate of drug-likeness (QED) is 0.813. The van der Waals surface area contributed by atoms with Crippen LogP contribution >= 0.6 is 0 Å². The number of carbonyl (C=O) groups is 1. The van der Waals surface area contributed by atoms with E-state index in [1.54, 1.807) is 25.1 Å². The van der Waals surface area contributed by atoms with Gasteiger partial charge >= 0.3 is 0 Å². The van der Waals surface area contributed by atoms with Gasteiger partial charge in [0, 0.05) is 18.4 Å². The summed E-state index contributed by atoms with van der Waals surface area (Å²) in [7, 11) is -2.50. The average Bonchev–Trinajstić information content (AvgIpc) is 2.60. The average molecular weight is 391 g/mol. The molecule has 8 heteroatoms. The number of sulfone groups is 1. The van der Waals surface area contributed by atoms with E-state index >= 15 is 0 Å². The van der Waals surface area contributed by atoms with Crippen LogP contribution in [0, 0.1) is 5.82 Å². The largest absolute Gasteiger partial charge is 0.497 e. The van der Waals surface area contributed by atoms with Gasteiger partial charge in [0.1, 0.15) is 17.3 Å². The summed E-state index contributed by atoms with van der Waals surface area (Å²) in [6, 6.07) is 9.61. The first-order chi connectivity index (χ1) is 12.7. The summed E-state index contributed by atoms with van der Waals surface area (Å²) in [6.45, 7) is 1.71. The molecule has 0 aliphatic carbocycles. The van der Waals surface area contributed by atoms with Gasteiger partial charge in [-0.15, -0.1) is 0 Å². The fourth-order valence-corrected chi connectivity index (χ4v) is 5.66. The van der Waals surface area contributed by atoms with Crippen molar-refractivity contribution in [2.24, 2.45) is 0 Å². The van der Waals surface area contributed by atoms with Crippen molar-refractivity contribution in [1.29, 1.82) is 0 Å². The van der Waals surface area contributed by atoms with Gasteiger partial charge in [-0.1, -0.05) is 6.07 Å². The molecule has 2 aromatic rings. The highest BCUT2D eigenvalue weighted by molar-refractivity contribution is 7.92. The summed E-state index contributed by atoms with van der Waals surface area (Å²) in [5.74, 6) is -0.708. The lowest BCUT2D eigenvalue weighted by Crippen LogP contribution is -2.63. The van der Waals surface area contributed by atoms with Crippen molar-refractivity contribution in [2.45, 2.75) is 35.1 Å². The van der Waals surface area contributed by atoms with Crippen LogP contribution in [0.2, 0.25) is 0 Å². The third-order valence-corrected chi connectivity index (χ3v) is 7.19. The Hall–Kier alpha value is -2.61. The predicted octanol–water partition coefficient (Wildman–Crippen LogP) is 2.39. The zero-order chi connectivity index (χ0) is 19.4. The fourth-order valence-electron chi connectivity index (χ4n) is 3.84. The molecule has 4 rings (SSSR count). The van der Waals surface area contributed by atoms with E-state index < -0.39 is 38.5 Å². The van der Waals surface area contributed by atoms with E-state index in [4.69, 9.17) is 9.47 Å². The Bertz CT molecular complexity index is 1020. The van der Waals surface area contributed by atoms with Gasteiger partial charge in [0.15, 0.2) is 20.8 Å². The Morgan fingerprint density at radius 1 is 1.22 bits per heavy atom. The molecule has 1 N–H and O–H groups in total. The van der Waals surface area contributed by atoms with Crippen LogP contribution < -0.4 is 14.8 Å². The molecular weight excluding hydrogens is 373 g/mol. The van der Waals surface area contributed by atoms with Crippen LogP contribution in [0.1, 0.15) is 24.8 Å². The molecule has 142 valence electrons. The summed E-state index contributed by atoms with van der Waals surface area (Å²) >= 11 is 0. The smallest absolute Gasteiger partial charge is 0.242 e. The van der Waals surface area contributed by atoms with Gasteiger partial charge in [-0.2, -0.15) is 0 Å². The number of ether oxygens (including phenoxy) is 2. The van der Waals surface area contributed by atoms with Crippen molar-refractivity contribution >= 4 is 15.7 Å². The first-order valence-electron chi connectivity index (χ1n) is 8.42. The number of benzene rings is 2. The lowest BCUT2D eigenvalue weighted by molar-refractivity contribution is -0.132. The van der Waals surface area contributed by atoms with Gasteiger partial charge in [-0.05, 0) is 42.8 Å². The van der Waals surface area contributed by atoms with E-state index in [1.807, 2.05) is 0 Å². The molecule has 2 aliphatic heterocycles. The zero-order valence-electron chi connectivity index (χ0n) is 14.7. The number of hydrogen-bond acceptors (Lipinski definition) is 5. The molecule has 3 atom stereocenters. The summed E-state index contributed by atoms with van der Waals surface area (Å²) in [5.41, 5.74) is -0.366. The molecule has 2 bridgehead atoms. The molecule has 0 saturated carbocycles. The molecule has 2 aliphatic rings. The van der Waals surface area contributed by atoms with E-state index in [2.05, 4.69) is 5.32 Å². The topological polar surface area (TPSA) is 81.7 Å². The maximum atomic E-state index is 13.2. The van der Waals surface area contributed by atoms with Crippen LogP contribution in [0.25, 0.3) is 0 Å². The fraction of sp³-hybridized carbons (Fsp3) is 0.316. The third kappa shape index (κ3) is 2.84. The highest BCUT2D eigenvalue weighted by Crippen LogP contribution is 2.48. The molecule has 2 heterocycles. The van der Waals surface area contributed by atoms with Crippen molar-refractivity contribution in [3.63, 3.8) is 0 Å². The minimum Gasteiger partial charge on any atom is -0.497 e. The van der Waals surface area contributed by atoms with Crippen molar-refractivity contribution in [2.75, 3.05) is 7.11 Å². The lowest BCUT2D eigenvalue weighted by atomic mass is 9.81. The van der Waals surface area contributed by atoms with Gasteiger partial charge in [0.05, 0.1) is 12.0 Å². The van der Waals surface area contributed by atoms with E-state index in [9.17, 15) is 17.6 Å². The molecule has 2 aromatic carbocycles. The summed E-state index contributed by atoms with van der Waals surface area (Å²) < 4.78 is 50.7. The van der Waals surface area contributed by atoms with Crippen molar-refractivity contribution in [1.82, 2.24) is 5.32 Å². The van der Waals surface area contributed by atoms with Crippen LogP contribution in [0.4, 0.5) is 4.39 Å². The maximum Gasteiger partial charge on any atom is 0.242 e. The molecule has 0 unspecified atom stereocenters. The normalized spacial score (nSPS) is 26.6. The van der Waals surface area contributed by atoms with Crippen LogP contribution in [0.15, 0.2) is 47.4 Å². The van der Waals surface area contributed by atoms with Crippen molar-refractivity contribution < 1.29 is 27.1 Å². The Labute approximate surface area is 156 Å². The van der Waals surface area contributed by atoms with Gasteiger partial charge in [0.2, 0.25) is 5.91 Å². The third-order valence-electron chi connectivity index (χ3n) is 5.05. The monoisotopic (exact) mass is 391 g/mol. The predicted molar refractivity (Wildman–Crippen MR) is 94.9 cm³/mol. The Morgan fingerprint density at radius 2 is 1.93 bits per heavy atom. The SMILES string of the molecule is COc1ccc2c(c1)O[C@@]1(C)C[C@H]2[C@@H](S(=O)(=O)c2ccc(F)cc2)C(=O)N1. The van der Waals surface area contributed by atoms with Crippen LogP contribution in [0.3, 0.4) is 0 Å². The molecule has 0 spiro atoms. The lowest BCUT2D eigenvalue weighted by Gasteiger charge is -2.46. The minimum atomic E-state index is -4.03. The molecule has 0 aromatic heterocycles. The zero-order valence-corrected chi connectivity index (χ0v) is 15.5. The Balaban J connectivity index is 1.84. The Morgan fingerprint density at radius 3 is 2.59 bits per heavy atom. The molecule has 1 saturated heterocycles. The molecule has 1 amide bonds. The Kier molecular flexibility index (Phi) is 3.92. The molecule has 0 radical (unpaired) electrons. The number of carbonyl (C=O) groups excluding carboxylic acids is 1. The van der Waals surface area contributed by atoms with E-state index in [1.165, 1.54) is 19.2 Å². The number of halogens is 1. The summed E-state index contributed by atoms with van der Waals surface area (Å²) in [4.78, 5) is 12.7. The number of hydrogen-bond donors (Lipinski definition) is 1. The first-order valence-corrected chi connectivity index (χ1v) is 9.97. The van der Waals surface area contributed by atoms with Crippen molar-refractivity contribution in [3.8, 4) is 11.5 Å². The standard InChI is InChI=1S/C19H18FNO5S/c1-19-10-15(14-8-5-12(25-2)9-16(14)26-19)17(18(22)21-19)27(23,24)13-6-3-11(20)4-7-13/h3-9,15,17H,10H2,1-2H3,(H,21,22)/t15-,17-,19+/m1/s1. The number of piperidine rings is 1. The van der Waals surface area contributed by atoms with Crippen LogP contribution in [-0.2, 0) is 14.6 Å². The summed E-state index contributed by atoms with van der Waals surface area (Å²) in [6.07, 6.45) is 0.309. The minimum absolute atomic E-state index is 0.0887. The van der Waals surface area contributed by atoms with Gasteiger partial charge in [-0.3, -0.25) is 4.79 Å². The number of fused-ring (bicyclic) bond motifs is 4.